The van der Waals surface area contributed by atoms with E-state index in [1.807, 2.05) is 43.3 Å². The Hall–Kier alpha value is -4.07. The summed E-state index contributed by atoms with van der Waals surface area (Å²) in [5.74, 6) is -0.624. The topological polar surface area (TPSA) is 103 Å². The van der Waals surface area contributed by atoms with Gasteiger partial charge in [-0.25, -0.2) is 9.78 Å². The van der Waals surface area contributed by atoms with Crippen LogP contribution in [0.25, 0.3) is 11.1 Å². The third-order valence-electron chi connectivity index (χ3n) is 5.25. The number of carbonyl (C=O) groups is 2. The van der Waals surface area contributed by atoms with Crippen LogP contribution in [0.4, 0.5) is 11.5 Å². The standard InChI is InChI=1S/C25H25N3O5/c1-4-7-22(29)27(24-23(28(31)32)17(2)14-15-26-24)16-18-10-12-19(13-11-18)20-8-5-6-9-21(20)25(30)33-3/h5-6,8-15H,4,7,16H2,1-3H3. The SMILES string of the molecule is CCCC(=O)N(Cc1ccc(-c2ccccc2C(=O)OC)cc1)c1nccc(C)c1[N+](=O)[O-]. The van der Waals surface area contributed by atoms with Crippen molar-refractivity contribution in [3.63, 3.8) is 0 Å². The number of hydrogen-bond acceptors (Lipinski definition) is 6. The van der Waals surface area contributed by atoms with Gasteiger partial charge < -0.3 is 4.74 Å². The van der Waals surface area contributed by atoms with Gasteiger partial charge in [-0.1, -0.05) is 49.4 Å². The van der Waals surface area contributed by atoms with Crippen molar-refractivity contribution in [2.45, 2.75) is 33.2 Å². The minimum Gasteiger partial charge on any atom is -0.465 e. The van der Waals surface area contributed by atoms with Gasteiger partial charge in [-0.3, -0.25) is 19.8 Å². The first-order valence-corrected chi connectivity index (χ1v) is 10.5. The van der Waals surface area contributed by atoms with Crippen molar-refractivity contribution in [2.75, 3.05) is 12.0 Å². The first-order valence-electron chi connectivity index (χ1n) is 10.5. The summed E-state index contributed by atoms with van der Waals surface area (Å²) in [5, 5.41) is 11.7. The summed E-state index contributed by atoms with van der Waals surface area (Å²) in [7, 11) is 1.34. The zero-order valence-electron chi connectivity index (χ0n) is 18.8. The highest BCUT2D eigenvalue weighted by molar-refractivity contribution is 5.97. The molecule has 0 aliphatic heterocycles. The number of amides is 1. The third-order valence-corrected chi connectivity index (χ3v) is 5.25. The molecule has 1 amide bonds. The van der Waals surface area contributed by atoms with Crippen LogP contribution in [0.2, 0.25) is 0 Å². The molecule has 0 bridgehead atoms. The van der Waals surface area contributed by atoms with Gasteiger partial charge in [0.1, 0.15) is 0 Å². The van der Waals surface area contributed by atoms with E-state index >= 15 is 0 Å². The van der Waals surface area contributed by atoms with Crippen molar-refractivity contribution in [1.29, 1.82) is 0 Å². The molecule has 8 nitrogen and oxygen atoms in total. The molecule has 0 saturated heterocycles. The molecule has 0 N–H and O–H groups in total. The van der Waals surface area contributed by atoms with Gasteiger partial charge in [-0.15, -0.1) is 0 Å². The van der Waals surface area contributed by atoms with Crippen LogP contribution in [0.1, 0.15) is 41.3 Å². The molecule has 0 radical (unpaired) electrons. The fourth-order valence-electron chi connectivity index (χ4n) is 3.58. The molecular formula is C25H25N3O5. The maximum atomic E-state index is 12.9. The Morgan fingerprint density at radius 2 is 1.79 bits per heavy atom. The number of carbonyl (C=O) groups excluding carboxylic acids is 2. The summed E-state index contributed by atoms with van der Waals surface area (Å²) in [6, 6.07) is 16.0. The number of nitrogens with zero attached hydrogens (tertiary/aromatic N) is 3. The molecule has 170 valence electrons. The lowest BCUT2D eigenvalue weighted by Crippen LogP contribution is -2.31. The smallest absolute Gasteiger partial charge is 0.338 e. The number of nitro groups is 1. The molecule has 0 unspecified atom stereocenters. The second-order valence-corrected chi connectivity index (χ2v) is 7.52. The van der Waals surface area contributed by atoms with Gasteiger partial charge in [-0.05, 0) is 42.2 Å². The summed E-state index contributed by atoms with van der Waals surface area (Å²) < 4.78 is 4.87. The number of ether oxygens (including phenoxy) is 1. The van der Waals surface area contributed by atoms with Gasteiger partial charge in [0.15, 0.2) is 0 Å². The van der Waals surface area contributed by atoms with E-state index in [1.165, 1.54) is 18.2 Å². The van der Waals surface area contributed by atoms with Gasteiger partial charge in [-0.2, -0.15) is 0 Å². The number of hydrogen-bond donors (Lipinski definition) is 0. The van der Waals surface area contributed by atoms with E-state index in [4.69, 9.17) is 4.74 Å². The first-order chi connectivity index (χ1) is 15.9. The van der Waals surface area contributed by atoms with Crippen LogP contribution in [0.5, 0.6) is 0 Å². The lowest BCUT2D eigenvalue weighted by Gasteiger charge is -2.22. The molecule has 0 aliphatic carbocycles. The molecular weight excluding hydrogens is 422 g/mol. The number of esters is 1. The van der Waals surface area contributed by atoms with Gasteiger partial charge in [0.25, 0.3) is 0 Å². The number of methoxy groups -OCH3 is 1. The Balaban J connectivity index is 1.97. The normalized spacial score (nSPS) is 10.5. The van der Waals surface area contributed by atoms with Crippen molar-refractivity contribution < 1.29 is 19.2 Å². The van der Waals surface area contributed by atoms with Crippen LogP contribution in [0.15, 0.2) is 60.8 Å². The lowest BCUT2D eigenvalue weighted by atomic mass is 9.98. The minimum absolute atomic E-state index is 0.0403. The van der Waals surface area contributed by atoms with Crippen molar-refractivity contribution in [3.05, 3.63) is 87.6 Å². The van der Waals surface area contributed by atoms with Crippen molar-refractivity contribution >= 4 is 23.4 Å². The summed E-state index contributed by atoms with van der Waals surface area (Å²) in [4.78, 5) is 41.7. The molecule has 0 spiro atoms. The average Bonchev–Trinajstić information content (AvgIpc) is 2.82. The Kier molecular flexibility index (Phi) is 7.50. The zero-order chi connectivity index (χ0) is 24.0. The zero-order valence-corrected chi connectivity index (χ0v) is 18.8. The molecule has 0 atom stereocenters. The van der Waals surface area contributed by atoms with Crippen LogP contribution in [0.3, 0.4) is 0 Å². The number of rotatable bonds is 8. The molecule has 1 heterocycles. The molecule has 0 saturated carbocycles. The first kappa shape index (κ1) is 23.6. The Bertz CT molecular complexity index is 1170. The number of anilines is 1. The molecule has 2 aromatic carbocycles. The monoisotopic (exact) mass is 447 g/mol. The third kappa shape index (κ3) is 5.23. The molecule has 3 rings (SSSR count). The number of aromatic nitrogens is 1. The summed E-state index contributed by atoms with van der Waals surface area (Å²) in [6.07, 6.45) is 2.33. The highest BCUT2D eigenvalue weighted by Crippen LogP contribution is 2.31. The molecule has 8 heteroatoms. The van der Waals surface area contributed by atoms with E-state index in [2.05, 4.69) is 4.98 Å². The molecule has 33 heavy (non-hydrogen) atoms. The van der Waals surface area contributed by atoms with Crippen LogP contribution in [-0.2, 0) is 16.1 Å². The van der Waals surface area contributed by atoms with Gasteiger partial charge >= 0.3 is 11.7 Å². The van der Waals surface area contributed by atoms with E-state index in [0.29, 0.717) is 17.5 Å². The van der Waals surface area contributed by atoms with E-state index < -0.39 is 10.9 Å². The minimum atomic E-state index is -0.503. The fraction of sp³-hybridized carbons (Fsp3) is 0.240. The van der Waals surface area contributed by atoms with Crippen molar-refractivity contribution in [3.8, 4) is 11.1 Å². The highest BCUT2D eigenvalue weighted by atomic mass is 16.6. The maximum Gasteiger partial charge on any atom is 0.338 e. The van der Waals surface area contributed by atoms with Crippen molar-refractivity contribution in [2.24, 2.45) is 0 Å². The second-order valence-electron chi connectivity index (χ2n) is 7.52. The predicted molar refractivity (Wildman–Crippen MR) is 125 cm³/mol. The lowest BCUT2D eigenvalue weighted by molar-refractivity contribution is -0.384. The summed E-state index contributed by atoms with van der Waals surface area (Å²) in [5.41, 5.74) is 3.03. The number of aryl methyl sites for hydroxylation is 1. The quantitative estimate of drug-likeness (QED) is 0.271. The van der Waals surface area contributed by atoms with E-state index in [-0.39, 0.29) is 30.4 Å². The molecule has 0 fully saturated rings. The van der Waals surface area contributed by atoms with Crippen LogP contribution >= 0.6 is 0 Å². The Morgan fingerprint density at radius 1 is 1.09 bits per heavy atom. The molecule has 3 aromatic rings. The van der Waals surface area contributed by atoms with Crippen LogP contribution < -0.4 is 4.90 Å². The predicted octanol–water partition coefficient (Wildman–Crippen LogP) is 5.09. The number of pyridine rings is 1. The number of benzene rings is 2. The van der Waals surface area contributed by atoms with E-state index in [9.17, 15) is 19.7 Å². The largest absolute Gasteiger partial charge is 0.465 e. The maximum absolute atomic E-state index is 12.9. The average molecular weight is 447 g/mol. The van der Waals surface area contributed by atoms with Gasteiger partial charge in [0, 0.05) is 18.2 Å². The van der Waals surface area contributed by atoms with Crippen LogP contribution in [0, 0.1) is 17.0 Å². The Morgan fingerprint density at radius 3 is 2.42 bits per heavy atom. The molecule has 0 aliphatic rings. The van der Waals surface area contributed by atoms with Gasteiger partial charge in [0.2, 0.25) is 11.7 Å². The van der Waals surface area contributed by atoms with Crippen molar-refractivity contribution in [1.82, 2.24) is 4.98 Å². The van der Waals surface area contributed by atoms with Gasteiger partial charge in [0.05, 0.1) is 24.1 Å². The second kappa shape index (κ2) is 10.5. The Labute approximate surface area is 192 Å². The fourth-order valence-corrected chi connectivity index (χ4v) is 3.58. The summed E-state index contributed by atoms with van der Waals surface area (Å²) >= 11 is 0. The summed E-state index contributed by atoms with van der Waals surface area (Å²) in [6.45, 7) is 3.64. The van der Waals surface area contributed by atoms with Crippen LogP contribution in [-0.4, -0.2) is 28.9 Å². The van der Waals surface area contributed by atoms with E-state index in [0.717, 1.165) is 16.7 Å². The molecule has 1 aromatic heterocycles. The highest BCUT2D eigenvalue weighted by Gasteiger charge is 2.27. The van der Waals surface area contributed by atoms with E-state index in [1.54, 1.807) is 25.1 Å².